The van der Waals surface area contributed by atoms with Gasteiger partial charge in [-0.05, 0) is 48.5 Å². The van der Waals surface area contributed by atoms with Crippen LogP contribution in [0.25, 0.3) is 0 Å². The molecule has 0 saturated carbocycles. The number of rotatable bonds is 9. The van der Waals surface area contributed by atoms with Crippen molar-refractivity contribution in [2.45, 2.75) is 19.4 Å². The summed E-state index contributed by atoms with van der Waals surface area (Å²) in [5.74, 6) is 2.17. The highest BCUT2D eigenvalue weighted by molar-refractivity contribution is 7.07. The lowest BCUT2D eigenvalue weighted by Gasteiger charge is -2.17. The summed E-state index contributed by atoms with van der Waals surface area (Å²) < 4.78 is 5.92. The molecule has 0 aliphatic carbocycles. The Hall–Kier alpha value is -2.05. The number of aliphatic imine (C=N–C) groups is 1. The van der Waals surface area contributed by atoms with E-state index < -0.39 is 0 Å². The number of nitrogens with zero attached hydrogens (tertiary/aromatic N) is 2. The molecule has 0 bridgehead atoms. The van der Waals surface area contributed by atoms with Gasteiger partial charge in [0, 0.05) is 32.2 Å². The summed E-state index contributed by atoms with van der Waals surface area (Å²) in [6.45, 7) is 5.30. The fourth-order valence-electron chi connectivity index (χ4n) is 2.45. The van der Waals surface area contributed by atoms with E-state index in [4.69, 9.17) is 4.74 Å². The molecule has 0 spiro atoms. The van der Waals surface area contributed by atoms with Gasteiger partial charge in [0.25, 0.3) is 0 Å². The fourth-order valence-corrected chi connectivity index (χ4v) is 3.23. The Morgan fingerprint density at radius 3 is 2.73 bits per heavy atom. The Morgan fingerprint density at radius 2 is 2.04 bits per heavy atom. The van der Waals surface area contributed by atoms with Crippen molar-refractivity contribution in [2.24, 2.45) is 4.99 Å². The average molecular weight is 375 g/mol. The number of hydrogen-bond acceptors (Lipinski definition) is 4. The van der Waals surface area contributed by atoms with Crippen LogP contribution in [0.3, 0.4) is 0 Å². The Labute approximate surface area is 161 Å². The molecule has 1 aromatic heterocycles. The number of benzene rings is 1. The normalized spacial score (nSPS) is 12.9. The molecule has 1 aromatic carbocycles. The van der Waals surface area contributed by atoms with Crippen LogP contribution in [0, 0.1) is 0 Å². The van der Waals surface area contributed by atoms with Crippen molar-refractivity contribution in [2.75, 3.05) is 40.8 Å². The lowest BCUT2D eigenvalue weighted by molar-refractivity contribution is 0.259. The van der Waals surface area contributed by atoms with Crippen LogP contribution in [0.5, 0.6) is 5.75 Å². The van der Waals surface area contributed by atoms with Gasteiger partial charge < -0.3 is 20.3 Å². The zero-order valence-electron chi connectivity index (χ0n) is 16.2. The highest BCUT2D eigenvalue weighted by Crippen LogP contribution is 2.18. The van der Waals surface area contributed by atoms with Gasteiger partial charge in [0.15, 0.2) is 5.96 Å². The predicted molar refractivity (Wildman–Crippen MR) is 111 cm³/mol. The maximum Gasteiger partial charge on any atom is 0.191 e. The third kappa shape index (κ3) is 6.69. The molecule has 1 heterocycles. The number of nitrogens with one attached hydrogen (secondary N) is 2. The van der Waals surface area contributed by atoms with Crippen molar-refractivity contribution in [3.63, 3.8) is 0 Å². The standard InChI is InChI=1S/C20H30N4OS/c1-16(18-9-12-26-15-18)13-22-20(21-2)23-14-17-7-5-6-8-19(17)25-11-10-24(3)4/h5-9,12,15-16H,10-11,13-14H2,1-4H3,(H2,21,22,23). The van der Waals surface area contributed by atoms with Crippen molar-refractivity contribution >= 4 is 17.3 Å². The molecule has 142 valence electrons. The second kappa shape index (κ2) is 10.8. The summed E-state index contributed by atoms with van der Waals surface area (Å²) in [5, 5.41) is 11.1. The topological polar surface area (TPSA) is 48.9 Å². The minimum Gasteiger partial charge on any atom is -0.492 e. The van der Waals surface area contributed by atoms with Crippen LogP contribution in [0.4, 0.5) is 0 Å². The Kier molecular flexibility index (Phi) is 8.44. The number of para-hydroxylation sites is 1. The molecule has 2 rings (SSSR count). The third-order valence-electron chi connectivity index (χ3n) is 4.13. The zero-order valence-corrected chi connectivity index (χ0v) is 17.0. The van der Waals surface area contributed by atoms with Gasteiger partial charge in [0.05, 0.1) is 0 Å². The van der Waals surface area contributed by atoms with Gasteiger partial charge in [0.1, 0.15) is 12.4 Å². The molecule has 26 heavy (non-hydrogen) atoms. The van der Waals surface area contributed by atoms with E-state index in [0.29, 0.717) is 19.1 Å². The molecule has 2 N–H and O–H groups in total. The van der Waals surface area contributed by atoms with Crippen LogP contribution in [0.15, 0.2) is 46.1 Å². The molecule has 0 aliphatic rings. The molecular formula is C20H30N4OS. The number of thiophene rings is 1. The molecule has 0 saturated heterocycles. The van der Waals surface area contributed by atoms with E-state index in [0.717, 1.165) is 30.4 Å². The lowest BCUT2D eigenvalue weighted by Crippen LogP contribution is -2.38. The average Bonchev–Trinajstić information content (AvgIpc) is 3.17. The molecule has 1 unspecified atom stereocenters. The van der Waals surface area contributed by atoms with Crippen LogP contribution < -0.4 is 15.4 Å². The van der Waals surface area contributed by atoms with E-state index in [1.165, 1.54) is 5.56 Å². The van der Waals surface area contributed by atoms with E-state index >= 15 is 0 Å². The SMILES string of the molecule is CN=C(NCc1ccccc1OCCN(C)C)NCC(C)c1ccsc1. The number of guanidine groups is 1. The molecule has 1 atom stereocenters. The molecule has 2 aromatic rings. The van der Waals surface area contributed by atoms with Crippen molar-refractivity contribution in [1.82, 2.24) is 15.5 Å². The molecule has 0 aliphatic heterocycles. The summed E-state index contributed by atoms with van der Waals surface area (Å²) in [4.78, 5) is 6.43. The van der Waals surface area contributed by atoms with Gasteiger partial charge in [-0.3, -0.25) is 4.99 Å². The molecule has 0 amide bonds. The summed E-state index contributed by atoms with van der Waals surface area (Å²) in [6, 6.07) is 10.3. The van der Waals surface area contributed by atoms with E-state index in [1.54, 1.807) is 18.4 Å². The first-order valence-corrected chi connectivity index (χ1v) is 9.86. The summed E-state index contributed by atoms with van der Waals surface area (Å²) >= 11 is 1.73. The van der Waals surface area contributed by atoms with Crippen molar-refractivity contribution in [3.8, 4) is 5.75 Å². The largest absolute Gasteiger partial charge is 0.492 e. The zero-order chi connectivity index (χ0) is 18.8. The van der Waals surface area contributed by atoms with E-state index in [-0.39, 0.29) is 0 Å². The van der Waals surface area contributed by atoms with Crippen LogP contribution in [-0.2, 0) is 6.54 Å². The molecule has 6 heteroatoms. The third-order valence-corrected chi connectivity index (χ3v) is 4.83. The van der Waals surface area contributed by atoms with Crippen LogP contribution in [-0.4, -0.2) is 51.7 Å². The van der Waals surface area contributed by atoms with Gasteiger partial charge in [-0.15, -0.1) is 0 Å². The van der Waals surface area contributed by atoms with Gasteiger partial charge in [-0.1, -0.05) is 25.1 Å². The van der Waals surface area contributed by atoms with E-state index in [2.05, 4.69) is 50.3 Å². The van der Waals surface area contributed by atoms with Crippen LogP contribution in [0.2, 0.25) is 0 Å². The second-order valence-corrected chi connectivity index (χ2v) is 7.30. The number of ether oxygens (including phenoxy) is 1. The smallest absolute Gasteiger partial charge is 0.191 e. The minimum absolute atomic E-state index is 0.446. The Balaban J connectivity index is 1.84. The highest BCUT2D eigenvalue weighted by Gasteiger charge is 2.08. The lowest BCUT2D eigenvalue weighted by atomic mass is 10.1. The maximum absolute atomic E-state index is 5.92. The first-order chi connectivity index (χ1) is 12.6. The number of hydrogen-bond donors (Lipinski definition) is 2. The van der Waals surface area contributed by atoms with Crippen molar-refractivity contribution in [3.05, 3.63) is 52.2 Å². The van der Waals surface area contributed by atoms with Gasteiger partial charge >= 0.3 is 0 Å². The monoisotopic (exact) mass is 374 g/mol. The van der Waals surface area contributed by atoms with Gasteiger partial charge in [0.2, 0.25) is 0 Å². The predicted octanol–water partition coefficient (Wildman–Crippen LogP) is 3.16. The van der Waals surface area contributed by atoms with Gasteiger partial charge in [-0.25, -0.2) is 0 Å². The summed E-state index contributed by atoms with van der Waals surface area (Å²) in [7, 11) is 5.89. The fraction of sp³-hybridized carbons (Fsp3) is 0.450. The summed E-state index contributed by atoms with van der Waals surface area (Å²) in [6.07, 6.45) is 0. The van der Waals surface area contributed by atoms with E-state index in [1.807, 2.05) is 32.3 Å². The van der Waals surface area contributed by atoms with Crippen LogP contribution >= 0.6 is 11.3 Å². The quantitative estimate of drug-likeness (QED) is 0.523. The van der Waals surface area contributed by atoms with Crippen LogP contribution in [0.1, 0.15) is 24.0 Å². The molecule has 0 fully saturated rings. The minimum atomic E-state index is 0.446. The van der Waals surface area contributed by atoms with E-state index in [9.17, 15) is 0 Å². The van der Waals surface area contributed by atoms with Gasteiger partial charge in [-0.2, -0.15) is 11.3 Å². The highest BCUT2D eigenvalue weighted by atomic mass is 32.1. The molecule has 5 nitrogen and oxygen atoms in total. The first kappa shape index (κ1) is 20.3. The Morgan fingerprint density at radius 1 is 1.23 bits per heavy atom. The summed E-state index contributed by atoms with van der Waals surface area (Å²) in [5.41, 5.74) is 2.48. The van der Waals surface area contributed by atoms with Crippen molar-refractivity contribution < 1.29 is 4.74 Å². The molecular weight excluding hydrogens is 344 g/mol. The maximum atomic E-state index is 5.92. The molecule has 0 radical (unpaired) electrons. The number of likely N-dealkylation sites (N-methyl/N-ethyl adjacent to an activating group) is 1. The first-order valence-electron chi connectivity index (χ1n) is 8.92. The second-order valence-electron chi connectivity index (χ2n) is 6.52. The van der Waals surface area contributed by atoms with Crippen molar-refractivity contribution in [1.29, 1.82) is 0 Å². The Bertz CT molecular complexity index is 670.